The molecule has 6 heteroatoms. The lowest BCUT2D eigenvalue weighted by atomic mass is 10.2. The van der Waals surface area contributed by atoms with Crippen molar-refractivity contribution in [1.82, 2.24) is 20.4 Å². The first kappa shape index (κ1) is 14.7. The summed E-state index contributed by atoms with van der Waals surface area (Å²) in [4.78, 5) is 6.91. The van der Waals surface area contributed by atoms with Gasteiger partial charge in [0.1, 0.15) is 0 Å². The van der Waals surface area contributed by atoms with Crippen LogP contribution >= 0.6 is 15.9 Å². The van der Waals surface area contributed by atoms with Gasteiger partial charge in [-0.25, -0.2) is 0 Å². The zero-order chi connectivity index (χ0) is 14.7. The van der Waals surface area contributed by atoms with Crippen LogP contribution in [0.5, 0.6) is 0 Å². The maximum absolute atomic E-state index is 5.41. The van der Waals surface area contributed by atoms with E-state index in [4.69, 9.17) is 4.52 Å². The largest absolute Gasteiger partial charge is 0.338 e. The Labute approximate surface area is 132 Å². The Kier molecular flexibility index (Phi) is 4.67. The van der Waals surface area contributed by atoms with Crippen molar-refractivity contribution in [3.8, 4) is 11.4 Å². The molecule has 0 aliphatic carbocycles. The summed E-state index contributed by atoms with van der Waals surface area (Å²) in [5.74, 6) is 1.32. The van der Waals surface area contributed by atoms with E-state index in [1.165, 1.54) is 6.42 Å². The highest BCUT2D eigenvalue weighted by molar-refractivity contribution is 9.10. The van der Waals surface area contributed by atoms with E-state index >= 15 is 0 Å². The third kappa shape index (κ3) is 3.51. The molecule has 2 aromatic rings. The predicted molar refractivity (Wildman–Crippen MR) is 84.8 cm³/mol. The van der Waals surface area contributed by atoms with Crippen molar-refractivity contribution < 1.29 is 4.52 Å². The third-order valence-corrected chi connectivity index (χ3v) is 4.34. The average molecular weight is 351 g/mol. The fourth-order valence-electron chi connectivity index (χ4n) is 2.69. The number of halogens is 1. The van der Waals surface area contributed by atoms with Gasteiger partial charge in [0, 0.05) is 22.6 Å². The van der Waals surface area contributed by atoms with E-state index < -0.39 is 0 Å². The zero-order valence-electron chi connectivity index (χ0n) is 12.1. The minimum atomic E-state index is 0.566. The fourth-order valence-corrected chi connectivity index (χ4v) is 3.09. The SMILES string of the molecule is CCN(Cc1nc(-c2cccc(Br)c2)no1)C1CCNC1. The van der Waals surface area contributed by atoms with Crippen LogP contribution in [0.3, 0.4) is 0 Å². The molecule has 1 fully saturated rings. The summed E-state index contributed by atoms with van der Waals surface area (Å²) >= 11 is 3.46. The van der Waals surface area contributed by atoms with Crippen LogP contribution in [0.4, 0.5) is 0 Å². The lowest BCUT2D eigenvalue weighted by molar-refractivity contribution is 0.183. The predicted octanol–water partition coefficient (Wildman–Crippen LogP) is 2.68. The lowest BCUT2D eigenvalue weighted by Gasteiger charge is -2.24. The molecule has 5 nitrogen and oxygen atoms in total. The van der Waals surface area contributed by atoms with Gasteiger partial charge >= 0.3 is 0 Å². The monoisotopic (exact) mass is 350 g/mol. The first-order valence-corrected chi connectivity index (χ1v) is 8.09. The molecule has 1 aliphatic rings. The molecule has 1 aromatic heterocycles. The van der Waals surface area contributed by atoms with Gasteiger partial charge in [0.05, 0.1) is 6.54 Å². The van der Waals surface area contributed by atoms with Crippen molar-refractivity contribution in [3.05, 3.63) is 34.6 Å². The van der Waals surface area contributed by atoms with Gasteiger partial charge in [0.2, 0.25) is 11.7 Å². The maximum Gasteiger partial charge on any atom is 0.241 e. The standard InChI is InChI=1S/C15H19BrN4O/c1-2-20(13-6-7-17-9-13)10-14-18-15(19-21-14)11-4-3-5-12(16)8-11/h3-5,8,13,17H,2,6-7,9-10H2,1H3. The van der Waals surface area contributed by atoms with Crippen LogP contribution in [0, 0.1) is 0 Å². The highest BCUT2D eigenvalue weighted by Gasteiger charge is 2.23. The highest BCUT2D eigenvalue weighted by Crippen LogP contribution is 2.21. The normalized spacial score (nSPS) is 18.5. The molecule has 1 atom stereocenters. The van der Waals surface area contributed by atoms with Crippen LogP contribution in [0.1, 0.15) is 19.2 Å². The molecule has 21 heavy (non-hydrogen) atoms. The Morgan fingerprint density at radius 2 is 2.38 bits per heavy atom. The topological polar surface area (TPSA) is 54.2 Å². The number of rotatable bonds is 5. The zero-order valence-corrected chi connectivity index (χ0v) is 13.6. The van der Waals surface area contributed by atoms with Gasteiger partial charge < -0.3 is 9.84 Å². The summed E-state index contributed by atoms with van der Waals surface area (Å²) in [6, 6.07) is 8.50. The number of aromatic nitrogens is 2. The number of nitrogens with one attached hydrogen (secondary N) is 1. The van der Waals surface area contributed by atoms with Crippen LogP contribution in [0.15, 0.2) is 33.3 Å². The van der Waals surface area contributed by atoms with Crippen LogP contribution in [-0.2, 0) is 6.54 Å². The number of likely N-dealkylation sites (N-methyl/N-ethyl adjacent to an activating group) is 1. The van der Waals surface area contributed by atoms with Crippen molar-refractivity contribution in [3.63, 3.8) is 0 Å². The summed E-state index contributed by atoms with van der Waals surface area (Å²) in [6.45, 7) is 6.00. The summed E-state index contributed by atoms with van der Waals surface area (Å²) in [6.07, 6.45) is 1.18. The van der Waals surface area contributed by atoms with Gasteiger partial charge in [-0.15, -0.1) is 0 Å². The third-order valence-electron chi connectivity index (χ3n) is 3.85. The Bertz CT molecular complexity index is 595. The summed E-state index contributed by atoms with van der Waals surface area (Å²) in [7, 11) is 0. The van der Waals surface area contributed by atoms with Crippen molar-refractivity contribution in [1.29, 1.82) is 0 Å². The molecule has 0 radical (unpaired) electrons. The number of nitrogens with zero attached hydrogens (tertiary/aromatic N) is 3. The van der Waals surface area contributed by atoms with E-state index in [-0.39, 0.29) is 0 Å². The van der Waals surface area contributed by atoms with Crippen molar-refractivity contribution in [2.24, 2.45) is 0 Å². The molecule has 0 bridgehead atoms. The van der Waals surface area contributed by atoms with E-state index in [1.54, 1.807) is 0 Å². The molecular weight excluding hydrogens is 332 g/mol. The minimum absolute atomic E-state index is 0.566. The summed E-state index contributed by atoms with van der Waals surface area (Å²) in [5, 5.41) is 7.49. The van der Waals surface area contributed by atoms with Gasteiger partial charge in [0.15, 0.2) is 0 Å². The maximum atomic E-state index is 5.41. The molecule has 0 amide bonds. The fraction of sp³-hybridized carbons (Fsp3) is 0.467. The smallest absolute Gasteiger partial charge is 0.241 e. The summed E-state index contributed by atoms with van der Waals surface area (Å²) in [5.41, 5.74) is 0.963. The van der Waals surface area contributed by atoms with Crippen molar-refractivity contribution in [2.75, 3.05) is 19.6 Å². The first-order valence-electron chi connectivity index (χ1n) is 7.29. The molecular formula is C15H19BrN4O. The minimum Gasteiger partial charge on any atom is -0.338 e. The number of hydrogen-bond acceptors (Lipinski definition) is 5. The number of hydrogen-bond donors (Lipinski definition) is 1. The second kappa shape index (κ2) is 6.68. The Balaban J connectivity index is 1.72. The molecule has 0 saturated carbocycles. The first-order chi connectivity index (χ1) is 10.3. The summed E-state index contributed by atoms with van der Waals surface area (Å²) < 4.78 is 6.42. The average Bonchev–Trinajstić information content (AvgIpc) is 3.16. The molecule has 1 aromatic carbocycles. The Morgan fingerprint density at radius 1 is 1.48 bits per heavy atom. The van der Waals surface area contributed by atoms with Crippen molar-refractivity contribution in [2.45, 2.75) is 25.9 Å². The molecule has 112 valence electrons. The molecule has 1 aliphatic heterocycles. The van der Waals surface area contributed by atoms with Gasteiger partial charge in [-0.2, -0.15) is 4.98 Å². The van der Waals surface area contributed by atoms with Gasteiger partial charge in [-0.1, -0.05) is 40.1 Å². The quantitative estimate of drug-likeness (QED) is 0.898. The number of benzene rings is 1. The Hall–Kier alpha value is -1.24. The van der Waals surface area contributed by atoms with Gasteiger partial charge in [-0.05, 0) is 31.6 Å². The molecule has 3 rings (SSSR count). The molecule has 2 heterocycles. The van der Waals surface area contributed by atoms with Crippen molar-refractivity contribution >= 4 is 15.9 Å². The molecule has 1 saturated heterocycles. The van der Waals surface area contributed by atoms with Crippen LogP contribution < -0.4 is 5.32 Å². The van der Waals surface area contributed by atoms with Crippen LogP contribution in [-0.4, -0.2) is 40.7 Å². The second-order valence-corrected chi connectivity index (χ2v) is 6.15. The van der Waals surface area contributed by atoms with Crippen LogP contribution in [0.25, 0.3) is 11.4 Å². The van der Waals surface area contributed by atoms with Gasteiger partial charge in [0.25, 0.3) is 0 Å². The van der Waals surface area contributed by atoms with E-state index in [1.807, 2.05) is 24.3 Å². The lowest BCUT2D eigenvalue weighted by Crippen LogP contribution is -2.36. The second-order valence-electron chi connectivity index (χ2n) is 5.23. The van der Waals surface area contributed by atoms with E-state index in [9.17, 15) is 0 Å². The van der Waals surface area contributed by atoms with E-state index in [0.717, 1.165) is 29.7 Å². The molecule has 1 unspecified atom stereocenters. The highest BCUT2D eigenvalue weighted by atomic mass is 79.9. The molecule has 1 N–H and O–H groups in total. The Morgan fingerprint density at radius 3 is 3.10 bits per heavy atom. The van der Waals surface area contributed by atoms with Gasteiger partial charge in [-0.3, -0.25) is 4.90 Å². The van der Waals surface area contributed by atoms with E-state index in [0.29, 0.717) is 24.3 Å². The van der Waals surface area contributed by atoms with E-state index in [2.05, 4.69) is 43.2 Å². The molecule has 0 spiro atoms. The van der Waals surface area contributed by atoms with Crippen LogP contribution in [0.2, 0.25) is 0 Å².